The molecular formula is C25H26F3N3O4. The summed E-state index contributed by atoms with van der Waals surface area (Å²) < 4.78 is 49.5. The minimum atomic E-state index is -4.42. The van der Waals surface area contributed by atoms with Crippen molar-refractivity contribution in [1.29, 1.82) is 0 Å². The first kappa shape index (κ1) is 23.3. The van der Waals surface area contributed by atoms with E-state index < -0.39 is 11.7 Å². The first-order valence-electron chi connectivity index (χ1n) is 11.7. The molecule has 35 heavy (non-hydrogen) atoms. The van der Waals surface area contributed by atoms with Crippen LogP contribution in [0.25, 0.3) is 0 Å². The standard InChI is InChI=1S/C25H26F3N3O4/c26-25(27,28)17-4-6-18(7-5-17)29-23(33)31-13-10-24(16-31)8-11-30(12-9-24)22(32)19-2-1-3-20-21(19)35-15-14-34-20/h1-7H,8-16H2,(H,29,33). The fraction of sp³-hybridized carbons (Fsp3) is 0.440. The minimum absolute atomic E-state index is 0.0655. The number of urea groups is 1. The van der Waals surface area contributed by atoms with Gasteiger partial charge in [0.15, 0.2) is 11.5 Å². The van der Waals surface area contributed by atoms with E-state index in [1.54, 1.807) is 23.1 Å². The Balaban J connectivity index is 1.17. The van der Waals surface area contributed by atoms with Crippen LogP contribution in [0.15, 0.2) is 42.5 Å². The van der Waals surface area contributed by atoms with Gasteiger partial charge in [0, 0.05) is 31.9 Å². The summed E-state index contributed by atoms with van der Waals surface area (Å²) in [5, 5.41) is 2.69. The van der Waals surface area contributed by atoms with Gasteiger partial charge in [-0.05, 0) is 61.1 Å². The Labute approximate surface area is 200 Å². The second-order valence-electron chi connectivity index (χ2n) is 9.30. The van der Waals surface area contributed by atoms with E-state index in [1.807, 2.05) is 4.90 Å². The van der Waals surface area contributed by atoms with Gasteiger partial charge in [-0.1, -0.05) is 6.07 Å². The number of anilines is 1. The number of alkyl halides is 3. The first-order chi connectivity index (χ1) is 16.7. The topological polar surface area (TPSA) is 71.1 Å². The van der Waals surface area contributed by atoms with Gasteiger partial charge in [0.05, 0.1) is 11.1 Å². The summed E-state index contributed by atoms with van der Waals surface area (Å²) in [6, 6.07) is 9.43. The highest BCUT2D eigenvalue weighted by atomic mass is 19.4. The normalized spacial score (nSPS) is 19.1. The quantitative estimate of drug-likeness (QED) is 0.668. The van der Waals surface area contributed by atoms with Gasteiger partial charge in [-0.15, -0.1) is 0 Å². The van der Waals surface area contributed by atoms with Crippen molar-refractivity contribution >= 4 is 17.6 Å². The van der Waals surface area contributed by atoms with Crippen LogP contribution in [-0.2, 0) is 6.18 Å². The predicted octanol–water partition coefficient (Wildman–Crippen LogP) is 4.64. The number of amides is 3. The summed E-state index contributed by atoms with van der Waals surface area (Å²) in [5.41, 5.74) is 0.000168. The largest absolute Gasteiger partial charge is 0.486 e. The number of nitrogens with zero attached hydrogens (tertiary/aromatic N) is 2. The molecule has 3 aliphatic heterocycles. The van der Waals surface area contributed by atoms with Gasteiger partial charge in [-0.3, -0.25) is 4.79 Å². The number of carbonyl (C=O) groups excluding carboxylic acids is 2. The van der Waals surface area contributed by atoms with Crippen LogP contribution in [0.2, 0.25) is 0 Å². The Kier molecular flexibility index (Phi) is 5.98. The average molecular weight is 489 g/mol. The summed E-state index contributed by atoms with van der Waals surface area (Å²) in [5.74, 6) is 0.995. The Hall–Kier alpha value is -3.43. The number of rotatable bonds is 2. The van der Waals surface area contributed by atoms with Gasteiger partial charge in [-0.25, -0.2) is 4.79 Å². The van der Waals surface area contributed by atoms with Crippen molar-refractivity contribution in [1.82, 2.24) is 9.80 Å². The molecule has 2 aromatic carbocycles. The number of para-hydroxylation sites is 1. The third-order valence-corrected chi connectivity index (χ3v) is 7.10. The van der Waals surface area contributed by atoms with Crippen molar-refractivity contribution < 1.29 is 32.2 Å². The second kappa shape index (κ2) is 8.98. The fourth-order valence-corrected chi connectivity index (χ4v) is 5.06. The summed E-state index contributed by atoms with van der Waals surface area (Å²) in [6.07, 6.45) is -2.04. The van der Waals surface area contributed by atoms with Crippen molar-refractivity contribution in [2.45, 2.75) is 25.4 Å². The molecule has 3 amide bonds. The molecule has 0 bridgehead atoms. The summed E-state index contributed by atoms with van der Waals surface area (Å²) in [7, 11) is 0. The summed E-state index contributed by atoms with van der Waals surface area (Å²) >= 11 is 0. The molecule has 1 N–H and O–H groups in total. The van der Waals surface area contributed by atoms with Crippen molar-refractivity contribution in [3.63, 3.8) is 0 Å². The molecule has 7 nitrogen and oxygen atoms in total. The molecule has 186 valence electrons. The van der Waals surface area contributed by atoms with Gasteiger partial charge < -0.3 is 24.6 Å². The zero-order chi connectivity index (χ0) is 24.6. The molecule has 3 heterocycles. The number of benzene rings is 2. The zero-order valence-corrected chi connectivity index (χ0v) is 19.1. The fourth-order valence-electron chi connectivity index (χ4n) is 5.06. The molecule has 2 saturated heterocycles. The van der Waals surface area contributed by atoms with Gasteiger partial charge >= 0.3 is 12.2 Å². The third-order valence-electron chi connectivity index (χ3n) is 7.10. The molecule has 0 atom stereocenters. The predicted molar refractivity (Wildman–Crippen MR) is 122 cm³/mol. The molecule has 10 heteroatoms. The van der Waals surface area contributed by atoms with E-state index in [2.05, 4.69) is 5.32 Å². The lowest BCUT2D eigenvalue weighted by Crippen LogP contribution is -2.45. The lowest BCUT2D eigenvalue weighted by Gasteiger charge is -2.39. The number of likely N-dealkylation sites (tertiary alicyclic amines) is 2. The van der Waals surface area contributed by atoms with E-state index in [9.17, 15) is 22.8 Å². The second-order valence-corrected chi connectivity index (χ2v) is 9.30. The number of halogens is 3. The Bertz CT molecular complexity index is 1110. The Morgan fingerprint density at radius 3 is 2.23 bits per heavy atom. The van der Waals surface area contributed by atoms with E-state index in [1.165, 1.54) is 12.1 Å². The maximum absolute atomic E-state index is 13.2. The maximum Gasteiger partial charge on any atom is 0.416 e. The van der Waals surface area contributed by atoms with Gasteiger partial charge in [0.2, 0.25) is 0 Å². The molecule has 3 aliphatic rings. The van der Waals surface area contributed by atoms with Gasteiger partial charge in [0.25, 0.3) is 5.91 Å². The van der Waals surface area contributed by atoms with Crippen LogP contribution in [0.3, 0.4) is 0 Å². The zero-order valence-electron chi connectivity index (χ0n) is 19.1. The van der Waals surface area contributed by atoms with Crippen LogP contribution < -0.4 is 14.8 Å². The van der Waals surface area contributed by atoms with Crippen LogP contribution in [0.4, 0.5) is 23.7 Å². The molecule has 2 fully saturated rings. The van der Waals surface area contributed by atoms with E-state index in [4.69, 9.17) is 9.47 Å². The lowest BCUT2D eigenvalue weighted by molar-refractivity contribution is -0.137. The Morgan fingerprint density at radius 2 is 1.54 bits per heavy atom. The van der Waals surface area contributed by atoms with Crippen LogP contribution in [0.5, 0.6) is 11.5 Å². The molecule has 0 unspecified atom stereocenters. The maximum atomic E-state index is 13.2. The first-order valence-corrected chi connectivity index (χ1v) is 11.7. The number of ether oxygens (including phenoxy) is 2. The molecule has 5 rings (SSSR count). The molecule has 0 aliphatic carbocycles. The van der Waals surface area contributed by atoms with Crippen molar-refractivity contribution in [3.8, 4) is 11.5 Å². The lowest BCUT2D eigenvalue weighted by atomic mass is 9.77. The number of hydrogen-bond donors (Lipinski definition) is 1. The molecule has 2 aromatic rings. The average Bonchev–Trinajstić information content (AvgIpc) is 3.27. The highest BCUT2D eigenvalue weighted by Gasteiger charge is 2.43. The number of fused-ring (bicyclic) bond motifs is 1. The molecule has 1 spiro atoms. The van der Waals surface area contributed by atoms with Crippen LogP contribution >= 0.6 is 0 Å². The van der Waals surface area contributed by atoms with Crippen LogP contribution in [0, 0.1) is 5.41 Å². The molecule has 0 aromatic heterocycles. The summed E-state index contributed by atoms with van der Waals surface area (Å²) in [4.78, 5) is 29.4. The van der Waals surface area contributed by atoms with Crippen molar-refractivity contribution in [2.24, 2.45) is 5.41 Å². The Morgan fingerprint density at radius 1 is 0.886 bits per heavy atom. The highest BCUT2D eigenvalue weighted by Crippen LogP contribution is 2.42. The SMILES string of the molecule is O=C(Nc1ccc(C(F)(F)F)cc1)N1CCC2(CCN(C(=O)c3cccc4c3OCCO4)CC2)C1. The number of carbonyl (C=O) groups is 2. The summed E-state index contributed by atoms with van der Waals surface area (Å²) in [6.45, 7) is 3.15. The van der Waals surface area contributed by atoms with E-state index in [0.717, 1.165) is 31.4 Å². The van der Waals surface area contributed by atoms with Crippen LogP contribution in [0.1, 0.15) is 35.2 Å². The smallest absolute Gasteiger partial charge is 0.416 e. The van der Waals surface area contributed by atoms with Gasteiger partial charge in [-0.2, -0.15) is 13.2 Å². The van der Waals surface area contributed by atoms with Crippen molar-refractivity contribution in [2.75, 3.05) is 44.7 Å². The number of nitrogens with one attached hydrogen (secondary N) is 1. The monoisotopic (exact) mass is 489 g/mol. The van der Waals surface area contributed by atoms with Crippen LogP contribution in [-0.4, -0.2) is 61.1 Å². The highest BCUT2D eigenvalue weighted by molar-refractivity contribution is 5.98. The van der Waals surface area contributed by atoms with E-state index in [0.29, 0.717) is 62.1 Å². The number of piperidine rings is 1. The van der Waals surface area contributed by atoms with Gasteiger partial charge in [0.1, 0.15) is 13.2 Å². The minimum Gasteiger partial charge on any atom is -0.486 e. The third kappa shape index (κ3) is 4.74. The number of hydrogen-bond acceptors (Lipinski definition) is 4. The molecule has 0 radical (unpaired) electrons. The van der Waals surface area contributed by atoms with E-state index >= 15 is 0 Å². The molecule has 0 saturated carbocycles. The van der Waals surface area contributed by atoms with Crippen molar-refractivity contribution in [3.05, 3.63) is 53.6 Å². The molecular weight excluding hydrogens is 463 g/mol. The van der Waals surface area contributed by atoms with E-state index in [-0.39, 0.29) is 17.4 Å².